The summed E-state index contributed by atoms with van der Waals surface area (Å²) >= 11 is 0. The number of carbonyl (C=O) groups is 2. The Bertz CT molecular complexity index is 409. The van der Waals surface area contributed by atoms with Crippen LogP contribution in [0.5, 0.6) is 0 Å². The van der Waals surface area contributed by atoms with Crippen LogP contribution in [0.3, 0.4) is 0 Å². The molecule has 90 valence electrons. The first-order chi connectivity index (χ1) is 8.18. The van der Waals surface area contributed by atoms with Crippen molar-refractivity contribution in [2.45, 2.75) is 12.8 Å². The Morgan fingerprint density at radius 1 is 1.53 bits per heavy atom. The van der Waals surface area contributed by atoms with E-state index in [0.717, 1.165) is 0 Å². The first-order valence-electron chi connectivity index (χ1n) is 5.64. The smallest absolute Gasteiger partial charge is 0.232 e. The lowest BCUT2D eigenvalue weighted by Gasteiger charge is -2.26. The summed E-state index contributed by atoms with van der Waals surface area (Å²) in [7, 11) is 1.71. The topological polar surface area (TPSA) is 62.3 Å². The van der Waals surface area contributed by atoms with Gasteiger partial charge in [-0.3, -0.25) is 14.5 Å². The van der Waals surface area contributed by atoms with Crippen LogP contribution in [0.1, 0.15) is 12.8 Å². The van der Waals surface area contributed by atoms with Gasteiger partial charge in [0.1, 0.15) is 5.82 Å². The second kappa shape index (κ2) is 4.95. The number of rotatable bonds is 2. The molecule has 1 atom stereocenters. The van der Waals surface area contributed by atoms with Gasteiger partial charge in [0.05, 0.1) is 5.92 Å². The standard InChI is InChI=1S/C12H15N3O2/c1-15(10-4-2-3-7-13-10)12(17)9-5-6-11(16)14-8-9/h2-4,7,9H,5-6,8H2,1H3,(H,14,16). The van der Waals surface area contributed by atoms with Crippen LogP contribution in [0, 0.1) is 5.92 Å². The van der Waals surface area contributed by atoms with E-state index in [-0.39, 0.29) is 17.7 Å². The Labute approximate surface area is 99.8 Å². The molecule has 5 nitrogen and oxygen atoms in total. The third kappa shape index (κ3) is 2.61. The van der Waals surface area contributed by atoms with E-state index in [4.69, 9.17) is 0 Å². The van der Waals surface area contributed by atoms with Gasteiger partial charge in [-0.15, -0.1) is 0 Å². The summed E-state index contributed by atoms with van der Waals surface area (Å²) in [5.74, 6) is 0.521. The number of carbonyl (C=O) groups excluding carboxylic acids is 2. The van der Waals surface area contributed by atoms with Crippen molar-refractivity contribution in [1.82, 2.24) is 10.3 Å². The minimum atomic E-state index is -0.139. The van der Waals surface area contributed by atoms with Crippen LogP contribution in [-0.2, 0) is 9.59 Å². The van der Waals surface area contributed by atoms with Gasteiger partial charge in [-0.05, 0) is 18.6 Å². The SMILES string of the molecule is CN(C(=O)C1CCC(=O)NC1)c1ccccn1. The second-order valence-corrected chi connectivity index (χ2v) is 4.12. The number of hydrogen-bond acceptors (Lipinski definition) is 3. The van der Waals surface area contributed by atoms with Crippen molar-refractivity contribution in [3.63, 3.8) is 0 Å². The summed E-state index contributed by atoms with van der Waals surface area (Å²) < 4.78 is 0. The molecular weight excluding hydrogens is 218 g/mol. The van der Waals surface area contributed by atoms with E-state index in [0.29, 0.717) is 25.2 Å². The van der Waals surface area contributed by atoms with E-state index < -0.39 is 0 Å². The molecule has 0 aliphatic carbocycles. The highest BCUT2D eigenvalue weighted by Gasteiger charge is 2.27. The van der Waals surface area contributed by atoms with Crippen molar-refractivity contribution in [2.75, 3.05) is 18.5 Å². The number of aromatic nitrogens is 1. The number of amides is 2. The molecule has 2 rings (SSSR count). The molecular formula is C12H15N3O2. The Balaban J connectivity index is 2.03. The molecule has 1 saturated heterocycles. The van der Waals surface area contributed by atoms with Gasteiger partial charge >= 0.3 is 0 Å². The molecule has 0 radical (unpaired) electrons. The highest BCUT2D eigenvalue weighted by Crippen LogP contribution is 2.16. The van der Waals surface area contributed by atoms with Crippen LogP contribution in [0.25, 0.3) is 0 Å². The molecule has 2 heterocycles. The molecule has 0 aromatic carbocycles. The molecule has 1 aromatic heterocycles. The van der Waals surface area contributed by atoms with Crippen LogP contribution >= 0.6 is 0 Å². The zero-order valence-corrected chi connectivity index (χ0v) is 9.72. The van der Waals surface area contributed by atoms with Gasteiger partial charge in [0.15, 0.2) is 0 Å². The Morgan fingerprint density at radius 3 is 2.94 bits per heavy atom. The van der Waals surface area contributed by atoms with Crippen LogP contribution in [0.15, 0.2) is 24.4 Å². The summed E-state index contributed by atoms with van der Waals surface area (Å²) in [6.45, 7) is 0.425. The van der Waals surface area contributed by atoms with Crippen molar-refractivity contribution in [3.8, 4) is 0 Å². The lowest BCUT2D eigenvalue weighted by Crippen LogP contribution is -2.43. The summed E-state index contributed by atoms with van der Waals surface area (Å²) in [5, 5.41) is 2.71. The third-order valence-electron chi connectivity index (χ3n) is 2.94. The molecule has 0 spiro atoms. The largest absolute Gasteiger partial charge is 0.355 e. The molecule has 1 aliphatic heterocycles. The van der Waals surface area contributed by atoms with Gasteiger partial charge in [-0.2, -0.15) is 0 Å². The molecule has 5 heteroatoms. The Morgan fingerprint density at radius 2 is 2.35 bits per heavy atom. The highest BCUT2D eigenvalue weighted by atomic mass is 16.2. The number of nitrogens with zero attached hydrogens (tertiary/aromatic N) is 2. The van der Waals surface area contributed by atoms with Crippen molar-refractivity contribution >= 4 is 17.6 Å². The van der Waals surface area contributed by atoms with Gasteiger partial charge < -0.3 is 5.32 Å². The lowest BCUT2D eigenvalue weighted by atomic mass is 9.98. The molecule has 1 aromatic rings. The molecule has 0 saturated carbocycles. The predicted octanol–water partition coefficient (Wildman–Crippen LogP) is 0.571. The Hall–Kier alpha value is -1.91. The summed E-state index contributed by atoms with van der Waals surface area (Å²) in [5.41, 5.74) is 0. The lowest BCUT2D eigenvalue weighted by molar-refractivity contribution is -0.127. The monoisotopic (exact) mass is 233 g/mol. The maximum atomic E-state index is 12.1. The maximum Gasteiger partial charge on any atom is 0.232 e. The first kappa shape index (κ1) is 11.6. The molecule has 0 bridgehead atoms. The fourth-order valence-electron chi connectivity index (χ4n) is 1.88. The van der Waals surface area contributed by atoms with Crippen LogP contribution in [0.4, 0.5) is 5.82 Å². The van der Waals surface area contributed by atoms with E-state index in [1.54, 1.807) is 24.2 Å². The van der Waals surface area contributed by atoms with E-state index >= 15 is 0 Å². The van der Waals surface area contributed by atoms with Gasteiger partial charge in [-0.25, -0.2) is 4.98 Å². The molecule has 2 amide bonds. The first-order valence-corrected chi connectivity index (χ1v) is 5.64. The van der Waals surface area contributed by atoms with E-state index in [1.165, 1.54) is 0 Å². The van der Waals surface area contributed by atoms with Crippen LogP contribution in [0.2, 0.25) is 0 Å². The minimum absolute atomic E-state index is 0.00343. The van der Waals surface area contributed by atoms with E-state index in [9.17, 15) is 9.59 Å². The number of nitrogens with one attached hydrogen (secondary N) is 1. The normalized spacial score (nSPS) is 19.6. The fraction of sp³-hybridized carbons (Fsp3) is 0.417. The molecule has 1 aliphatic rings. The van der Waals surface area contributed by atoms with Crippen molar-refractivity contribution in [3.05, 3.63) is 24.4 Å². The van der Waals surface area contributed by atoms with Gasteiger partial charge in [-0.1, -0.05) is 6.07 Å². The van der Waals surface area contributed by atoms with Gasteiger partial charge in [0.2, 0.25) is 11.8 Å². The van der Waals surface area contributed by atoms with E-state index in [1.807, 2.05) is 12.1 Å². The van der Waals surface area contributed by atoms with Crippen molar-refractivity contribution in [2.24, 2.45) is 5.92 Å². The average molecular weight is 233 g/mol. The fourth-order valence-corrected chi connectivity index (χ4v) is 1.88. The third-order valence-corrected chi connectivity index (χ3v) is 2.94. The van der Waals surface area contributed by atoms with Gasteiger partial charge in [0.25, 0.3) is 0 Å². The van der Waals surface area contributed by atoms with Crippen LogP contribution in [-0.4, -0.2) is 30.4 Å². The predicted molar refractivity (Wildman–Crippen MR) is 63.4 cm³/mol. The molecule has 17 heavy (non-hydrogen) atoms. The summed E-state index contributed by atoms with van der Waals surface area (Å²) in [6, 6.07) is 5.44. The summed E-state index contributed by atoms with van der Waals surface area (Å²) in [4.78, 5) is 28.8. The van der Waals surface area contributed by atoms with Gasteiger partial charge in [0, 0.05) is 26.2 Å². The second-order valence-electron chi connectivity index (χ2n) is 4.12. The van der Waals surface area contributed by atoms with Crippen molar-refractivity contribution in [1.29, 1.82) is 0 Å². The number of pyridine rings is 1. The van der Waals surface area contributed by atoms with Crippen molar-refractivity contribution < 1.29 is 9.59 Å². The number of piperidine rings is 1. The zero-order chi connectivity index (χ0) is 12.3. The number of hydrogen-bond donors (Lipinski definition) is 1. The average Bonchev–Trinajstić information content (AvgIpc) is 2.39. The minimum Gasteiger partial charge on any atom is -0.355 e. The van der Waals surface area contributed by atoms with Crippen LogP contribution < -0.4 is 10.2 Å². The zero-order valence-electron chi connectivity index (χ0n) is 9.72. The molecule has 1 N–H and O–H groups in total. The summed E-state index contributed by atoms with van der Waals surface area (Å²) in [6.07, 6.45) is 2.69. The molecule has 1 fully saturated rings. The Kier molecular flexibility index (Phi) is 3.37. The quantitative estimate of drug-likeness (QED) is 0.812. The molecule has 1 unspecified atom stereocenters. The number of anilines is 1. The maximum absolute atomic E-state index is 12.1. The van der Waals surface area contributed by atoms with E-state index in [2.05, 4.69) is 10.3 Å². The highest BCUT2D eigenvalue weighted by molar-refractivity contribution is 5.95.